The minimum absolute atomic E-state index is 0.0655. The number of hydrogen-bond acceptors (Lipinski definition) is 5. The number of carbonyl (C=O) groups is 1. The van der Waals surface area contributed by atoms with Gasteiger partial charge in [-0.15, -0.1) is 0 Å². The van der Waals surface area contributed by atoms with Crippen molar-refractivity contribution in [2.75, 3.05) is 0 Å². The molecule has 1 heterocycles. The molecule has 7 nitrogen and oxygen atoms in total. The predicted molar refractivity (Wildman–Crippen MR) is 49.8 cm³/mol. The topological polar surface area (TPSA) is 109 Å². The minimum Gasteiger partial charge on any atom is -0.501 e. The van der Waals surface area contributed by atoms with Crippen molar-refractivity contribution in [2.45, 2.75) is 0 Å². The Bertz CT molecular complexity index is 560. The van der Waals surface area contributed by atoms with Crippen LogP contribution in [-0.2, 0) is 0 Å². The zero-order chi connectivity index (χ0) is 11.0. The third-order valence-electron chi connectivity index (χ3n) is 2.01. The van der Waals surface area contributed by atoms with Crippen molar-refractivity contribution in [1.29, 1.82) is 0 Å². The van der Waals surface area contributed by atoms with Crippen molar-refractivity contribution in [3.05, 3.63) is 28.1 Å². The molecule has 15 heavy (non-hydrogen) atoms. The summed E-state index contributed by atoms with van der Waals surface area (Å²) < 4.78 is 0. The molecular formula is C8H5N3O4. The van der Waals surface area contributed by atoms with Crippen molar-refractivity contribution in [3.63, 3.8) is 0 Å². The summed E-state index contributed by atoms with van der Waals surface area (Å²) >= 11 is 0. The molecule has 0 saturated carbocycles. The lowest BCUT2D eigenvalue weighted by Crippen LogP contribution is -1.92. The van der Waals surface area contributed by atoms with Gasteiger partial charge in [-0.25, -0.2) is 4.98 Å². The number of phenols is 1. The zero-order valence-electron chi connectivity index (χ0n) is 7.30. The number of nitrogens with one attached hydrogen (secondary N) is 1. The number of aromatic amines is 1. The average Bonchev–Trinajstić information content (AvgIpc) is 2.67. The summed E-state index contributed by atoms with van der Waals surface area (Å²) in [7, 11) is 0. The van der Waals surface area contributed by atoms with Crippen molar-refractivity contribution >= 4 is 23.0 Å². The van der Waals surface area contributed by atoms with Crippen LogP contribution in [0.1, 0.15) is 10.4 Å². The molecule has 1 aromatic heterocycles. The monoisotopic (exact) mass is 207 g/mol. The van der Waals surface area contributed by atoms with E-state index in [2.05, 4.69) is 9.97 Å². The number of rotatable bonds is 2. The van der Waals surface area contributed by atoms with Gasteiger partial charge in [-0.1, -0.05) is 0 Å². The fraction of sp³-hybridized carbons (Fsp3) is 0. The quantitative estimate of drug-likeness (QED) is 0.433. The van der Waals surface area contributed by atoms with Gasteiger partial charge < -0.3 is 10.1 Å². The van der Waals surface area contributed by atoms with Gasteiger partial charge in [-0.2, -0.15) is 0 Å². The first-order valence-corrected chi connectivity index (χ1v) is 3.93. The second-order valence-corrected chi connectivity index (χ2v) is 2.83. The smallest absolute Gasteiger partial charge is 0.313 e. The Morgan fingerprint density at radius 3 is 2.93 bits per heavy atom. The van der Waals surface area contributed by atoms with Crippen LogP contribution in [-0.4, -0.2) is 26.3 Å². The first-order chi connectivity index (χ1) is 7.15. The predicted octanol–water partition coefficient (Wildman–Crippen LogP) is 0.989. The van der Waals surface area contributed by atoms with E-state index in [0.717, 1.165) is 6.07 Å². The summed E-state index contributed by atoms with van der Waals surface area (Å²) in [6.07, 6.45) is 1.71. The van der Waals surface area contributed by atoms with Crippen molar-refractivity contribution < 1.29 is 14.8 Å². The SMILES string of the molecule is O=Cc1cc([N+](=O)[O-])c(O)c2[nH]cnc12. The van der Waals surface area contributed by atoms with E-state index in [1.54, 1.807) is 0 Å². The number of benzene rings is 1. The molecule has 2 rings (SSSR count). The molecule has 0 radical (unpaired) electrons. The Morgan fingerprint density at radius 1 is 1.60 bits per heavy atom. The highest BCUT2D eigenvalue weighted by atomic mass is 16.6. The van der Waals surface area contributed by atoms with Gasteiger partial charge in [0.25, 0.3) is 0 Å². The molecule has 0 aliphatic carbocycles. The molecule has 0 aliphatic rings. The molecule has 0 unspecified atom stereocenters. The van der Waals surface area contributed by atoms with Crippen molar-refractivity contribution in [1.82, 2.24) is 9.97 Å². The van der Waals surface area contributed by atoms with Gasteiger partial charge in [0.1, 0.15) is 11.0 Å². The maximum Gasteiger partial charge on any atom is 0.313 e. The number of fused-ring (bicyclic) bond motifs is 1. The maximum absolute atomic E-state index is 10.6. The third-order valence-corrected chi connectivity index (χ3v) is 2.01. The molecule has 0 amide bonds. The maximum atomic E-state index is 10.6. The average molecular weight is 207 g/mol. The van der Waals surface area contributed by atoms with E-state index < -0.39 is 16.4 Å². The largest absolute Gasteiger partial charge is 0.501 e. The van der Waals surface area contributed by atoms with E-state index in [-0.39, 0.29) is 16.6 Å². The van der Waals surface area contributed by atoms with Gasteiger partial charge in [-0.05, 0) is 0 Å². The molecule has 1 aromatic carbocycles. The van der Waals surface area contributed by atoms with Crippen LogP contribution in [0.2, 0.25) is 0 Å². The Balaban J connectivity index is 2.90. The van der Waals surface area contributed by atoms with Crippen LogP contribution in [0.4, 0.5) is 5.69 Å². The Morgan fingerprint density at radius 2 is 2.33 bits per heavy atom. The van der Waals surface area contributed by atoms with E-state index in [4.69, 9.17) is 0 Å². The summed E-state index contributed by atoms with van der Waals surface area (Å²) in [6.45, 7) is 0. The number of aromatic hydroxyl groups is 1. The van der Waals surface area contributed by atoms with Gasteiger partial charge in [0.15, 0.2) is 6.29 Å². The molecule has 0 saturated heterocycles. The Labute approximate surface area is 82.5 Å². The lowest BCUT2D eigenvalue weighted by molar-refractivity contribution is -0.385. The first-order valence-electron chi connectivity index (χ1n) is 3.93. The number of carbonyl (C=O) groups excluding carboxylic acids is 1. The van der Waals surface area contributed by atoms with Crippen LogP contribution in [0.5, 0.6) is 5.75 Å². The zero-order valence-corrected chi connectivity index (χ0v) is 7.30. The van der Waals surface area contributed by atoms with E-state index in [1.807, 2.05) is 0 Å². The van der Waals surface area contributed by atoms with E-state index in [1.165, 1.54) is 6.33 Å². The van der Waals surface area contributed by atoms with E-state index >= 15 is 0 Å². The molecule has 2 aromatic rings. The standard InChI is InChI=1S/C8H5N3O4/c12-2-4-1-5(11(14)15)8(13)7-6(4)9-3-10-7/h1-3,13H,(H,9,10). The fourth-order valence-electron chi connectivity index (χ4n) is 1.33. The first kappa shape index (κ1) is 9.13. The number of phenolic OH excluding ortho intramolecular Hbond substituents is 1. The molecule has 0 fully saturated rings. The van der Waals surface area contributed by atoms with Gasteiger partial charge >= 0.3 is 5.69 Å². The molecule has 0 bridgehead atoms. The number of nitro benzene ring substituents is 1. The van der Waals surface area contributed by atoms with Crippen molar-refractivity contribution in [2.24, 2.45) is 0 Å². The summed E-state index contributed by atoms with van der Waals surface area (Å²) in [4.78, 5) is 26.8. The van der Waals surface area contributed by atoms with Gasteiger partial charge in [0.05, 0.1) is 11.3 Å². The number of hydrogen-bond donors (Lipinski definition) is 2. The summed E-state index contributed by atoms with van der Waals surface area (Å²) in [5, 5.41) is 20.1. The summed E-state index contributed by atoms with van der Waals surface area (Å²) in [6, 6.07) is 0.992. The minimum atomic E-state index is -0.761. The second-order valence-electron chi connectivity index (χ2n) is 2.83. The van der Waals surface area contributed by atoms with Crippen molar-refractivity contribution in [3.8, 4) is 5.75 Å². The highest BCUT2D eigenvalue weighted by Crippen LogP contribution is 2.33. The molecule has 0 spiro atoms. The highest BCUT2D eigenvalue weighted by molar-refractivity contribution is 5.99. The van der Waals surface area contributed by atoms with Gasteiger partial charge in [0.2, 0.25) is 5.75 Å². The van der Waals surface area contributed by atoms with Gasteiger partial charge in [-0.3, -0.25) is 14.9 Å². The number of aldehydes is 1. The Kier molecular flexibility index (Phi) is 1.86. The number of imidazole rings is 1. The summed E-state index contributed by atoms with van der Waals surface area (Å²) in [5.74, 6) is -0.516. The van der Waals surface area contributed by atoms with Crippen LogP contribution in [0.15, 0.2) is 12.4 Å². The van der Waals surface area contributed by atoms with Crippen LogP contribution < -0.4 is 0 Å². The fourth-order valence-corrected chi connectivity index (χ4v) is 1.33. The van der Waals surface area contributed by atoms with Crippen LogP contribution in [0, 0.1) is 10.1 Å². The second kappa shape index (κ2) is 3.05. The van der Waals surface area contributed by atoms with Gasteiger partial charge in [0, 0.05) is 11.6 Å². The number of H-pyrrole nitrogens is 1. The van der Waals surface area contributed by atoms with Crippen LogP contribution >= 0.6 is 0 Å². The Hall–Kier alpha value is -2.44. The number of nitro groups is 1. The normalized spacial score (nSPS) is 10.4. The molecular weight excluding hydrogens is 202 g/mol. The number of nitrogens with zero attached hydrogens (tertiary/aromatic N) is 2. The number of aromatic nitrogens is 2. The van der Waals surface area contributed by atoms with Crippen LogP contribution in [0.3, 0.4) is 0 Å². The lowest BCUT2D eigenvalue weighted by atomic mass is 10.1. The van der Waals surface area contributed by atoms with E-state index in [0.29, 0.717) is 6.29 Å². The molecule has 2 N–H and O–H groups in total. The van der Waals surface area contributed by atoms with Crippen LogP contribution in [0.25, 0.3) is 11.0 Å². The highest BCUT2D eigenvalue weighted by Gasteiger charge is 2.20. The molecule has 0 atom stereocenters. The summed E-state index contributed by atoms with van der Waals surface area (Å²) in [5.41, 5.74) is -0.149. The molecule has 0 aliphatic heterocycles. The third kappa shape index (κ3) is 1.21. The van der Waals surface area contributed by atoms with E-state index in [9.17, 15) is 20.0 Å². The lowest BCUT2D eigenvalue weighted by Gasteiger charge is -1.98. The molecule has 76 valence electrons. The molecule has 7 heteroatoms.